The summed E-state index contributed by atoms with van der Waals surface area (Å²) < 4.78 is 21.6. The summed E-state index contributed by atoms with van der Waals surface area (Å²) in [5.41, 5.74) is 0.647. The molecule has 2 unspecified atom stereocenters. The lowest BCUT2D eigenvalue weighted by molar-refractivity contribution is -0.133. The highest BCUT2D eigenvalue weighted by molar-refractivity contribution is 5.80. The van der Waals surface area contributed by atoms with Crippen LogP contribution < -0.4 is 4.90 Å². The maximum Gasteiger partial charge on any atom is 0.410 e. The van der Waals surface area contributed by atoms with Crippen molar-refractivity contribution in [1.29, 1.82) is 5.26 Å². The lowest BCUT2D eigenvalue weighted by atomic mass is 10.1. The SMILES string of the molecule is CC(C(=O)N1CCC(N2C(=O)O[C@H]3CN(c4ccc(C#N)cc4F)C[C@H]32)C1)n1cncn1. The smallest absolute Gasteiger partial charge is 0.410 e. The highest BCUT2D eigenvalue weighted by Crippen LogP contribution is 2.35. The highest BCUT2D eigenvalue weighted by atomic mass is 19.1. The zero-order valence-electron chi connectivity index (χ0n) is 17.5. The number of hydrogen-bond acceptors (Lipinski definition) is 7. The van der Waals surface area contributed by atoms with E-state index in [1.54, 1.807) is 28.9 Å². The van der Waals surface area contributed by atoms with Gasteiger partial charge >= 0.3 is 6.09 Å². The second kappa shape index (κ2) is 7.78. The third-order valence-corrected chi connectivity index (χ3v) is 6.53. The molecular formula is C21H22FN7O3. The standard InChI is InChI=1S/C21H22FN7O3/c1-13(28-12-24-11-25-28)20(30)26-5-4-15(8-26)29-18-9-27(10-19(18)32-21(29)31)17-3-2-14(7-23)6-16(17)22/h2-3,6,11-13,15,18-19H,4-5,8-10H2,1H3/t13?,15?,18-,19+/m1/s1. The number of halogens is 1. The first-order valence-electron chi connectivity index (χ1n) is 10.5. The van der Waals surface area contributed by atoms with Gasteiger partial charge in [-0.15, -0.1) is 0 Å². The molecule has 3 aliphatic rings. The summed E-state index contributed by atoms with van der Waals surface area (Å²) in [5.74, 6) is -0.545. The number of nitriles is 1. The first kappa shape index (κ1) is 20.2. The molecular weight excluding hydrogens is 417 g/mol. The minimum atomic E-state index is -0.476. The topological polar surface area (TPSA) is 108 Å². The molecule has 3 aliphatic heterocycles. The van der Waals surface area contributed by atoms with Gasteiger partial charge in [0, 0.05) is 19.6 Å². The van der Waals surface area contributed by atoms with Crippen LogP contribution in [0.5, 0.6) is 0 Å². The molecule has 0 bridgehead atoms. The predicted octanol–water partition coefficient (Wildman–Crippen LogP) is 1.16. The van der Waals surface area contributed by atoms with Crippen molar-refractivity contribution in [3.8, 4) is 6.07 Å². The fourth-order valence-electron chi connectivity index (χ4n) is 4.88. The number of aromatic nitrogens is 3. The molecule has 2 aromatic rings. The molecule has 166 valence electrons. The first-order chi connectivity index (χ1) is 15.5. The number of benzene rings is 1. The Morgan fingerprint density at radius 2 is 2.19 bits per heavy atom. The number of carbonyl (C=O) groups excluding carboxylic acids is 2. The van der Waals surface area contributed by atoms with Gasteiger partial charge in [-0.25, -0.2) is 18.9 Å². The van der Waals surface area contributed by atoms with Gasteiger partial charge in [0.05, 0.1) is 35.9 Å². The number of anilines is 1. The average Bonchev–Trinajstić information content (AvgIpc) is 3.56. The van der Waals surface area contributed by atoms with Crippen molar-refractivity contribution in [1.82, 2.24) is 24.6 Å². The molecule has 32 heavy (non-hydrogen) atoms. The van der Waals surface area contributed by atoms with E-state index in [2.05, 4.69) is 10.1 Å². The van der Waals surface area contributed by atoms with E-state index in [1.807, 2.05) is 11.0 Å². The summed E-state index contributed by atoms with van der Waals surface area (Å²) in [6, 6.07) is 5.45. The van der Waals surface area contributed by atoms with Gasteiger partial charge in [0.15, 0.2) is 0 Å². The van der Waals surface area contributed by atoms with Crippen LogP contribution in [0.25, 0.3) is 0 Å². The molecule has 0 saturated carbocycles. The maximum absolute atomic E-state index is 14.5. The average molecular weight is 439 g/mol. The number of ether oxygens (including phenoxy) is 1. The lowest BCUT2D eigenvalue weighted by Crippen LogP contribution is -2.47. The number of amides is 2. The zero-order chi connectivity index (χ0) is 22.4. The molecule has 3 saturated heterocycles. The van der Waals surface area contributed by atoms with Crippen LogP contribution in [0.4, 0.5) is 14.9 Å². The largest absolute Gasteiger partial charge is 0.442 e. The quantitative estimate of drug-likeness (QED) is 0.704. The van der Waals surface area contributed by atoms with Crippen LogP contribution in [0.2, 0.25) is 0 Å². The van der Waals surface area contributed by atoms with Crippen LogP contribution in [0.15, 0.2) is 30.9 Å². The van der Waals surface area contributed by atoms with Gasteiger partial charge in [0.2, 0.25) is 5.91 Å². The normalized spacial score (nSPS) is 25.6. The predicted molar refractivity (Wildman–Crippen MR) is 109 cm³/mol. The van der Waals surface area contributed by atoms with Crippen molar-refractivity contribution in [2.45, 2.75) is 37.6 Å². The van der Waals surface area contributed by atoms with Crippen LogP contribution in [0.3, 0.4) is 0 Å². The molecule has 5 rings (SSSR count). The number of carbonyl (C=O) groups is 2. The Morgan fingerprint density at radius 1 is 1.34 bits per heavy atom. The molecule has 1 aromatic heterocycles. The van der Waals surface area contributed by atoms with Gasteiger partial charge in [-0.1, -0.05) is 0 Å². The Labute approximate surface area is 183 Å². The Kier molecular flexibility index (Phi) is 4.92. The van der Waals surface area contributed by atoms with E-state index in [0.717, 1.165) is 0 Å². The minimum absolute atomic E-state index is 0.0742. The Hall–Kier alpha value is -3.68. The van der Waals surface area contributed by atoms with Crippen molar-refractivity contribution in [3.05, 3.63) is 42.2 Å². The molecule has 2 amide bonds. The van der Waals surface area contributed by atoms with E-state index in [1.165, 1.54) is 23.4 Å². The number of rotatable bonds is 4. The molecule has 11 heteroatoms. The van der Waals surface area contributed by atoms with Crippen LogP contribution in [0.1, 0.15) is 24.9 Å². The van der Waals surface area contributed by atoms with Gasteiger partial charge in [-0.3, -0.25) is 9.69 Å². The van der Waals surface area contributed by atoms with E-state index >= 15 is 0 Å². The summed E-state index contributed by atoms with van der Waals surface area (Å²) in [6.45, 7) is 3.54. The minimum Gasteiger partial charge on any atom is -0.442 e. The summed E-state index contributed by atoms with van der Waals surface area (Å²) in [6.07, 6.45) is 2.80. The van der Waals surface area contributed by atoms with Crippen molar-refractivity contribution in [2.75, 3.05) is 31.1 Å². The Balaban J connectivity index is 1.27. The van der Waals surface area contributed by atoms with Crippen molar-refractivity contribution < 1.29 is 18.7 Å². The van der Waals surface area contributed by atoms with E-state index in [-0.39, 0.29) is 35.8 Å². The van der Waals surface area contributed by atoms with Crippen LogP contribution >= 0.6 is 0 Å². The molecule has 0 radical (unpaired) electrons. The maximum atomic E-state index is 14.5. The van der Waals surface area contributed by atoms with Gasteiger partial charge in [-0.2, -0.15) is 10.4 Å². The number of likely N-dealkylation sites (tertiary alicyclic amines) is 1. The van der Waals surface area contributed by atoms with Gasteiger partial charge in [0.25, 0.3) is 0 Å². The van der Waals surface area contributed by atoms with E-state index in [9.17, 15) is 14.0 Å². The molecule has 4 heterocycles. The molecule has 4 atom stereocenters. The van der Waals surface area contributed by atoms with Crippen LogP contribution in [-0.4, -0.2) is 80.9 Å². The second-order valence-electron chi connectivity index (χ2n) is 8.36. The molecule has 0 aliphatic carbocycles. The molecule has 1 aromatic carbocycles. The first-order valence-corrected chi connectivity index (χ1v) is 10.5. The Morgan fingerprint density at radius 3 is 2.91 bits per heavy atom. The number of nitrogens with zero attached hydrogens (tertiary/aromatic N) is 7. The van der Waals surface area contributed by atoms with Gasteiger partial charge < -0.3 is 14.5 Å². The summed E-state index contributed by atoms with van der Waals surface area (Å²) in [5, 5.41) is 13.0. The third-order valence-electron chi connectivity index (χ3n) is 6.53. The van der Waals surface area contributed by atoms with Gasteiger partial charge in [-0.05, 0) is 31.5 Å². The molecule has 10 nitrogen and oxygen atoms in total. The summed E-state index contributed by atoms with van der Waals surface area (Å²) in [4.78, 5) is 34.7. The number of fused-ring (bicyclic) bond motifs is 1. The van der Waals surface area contributed by atoms with Crippen molar-refractivity contribution in [2.24, 2.45) is 0 Å². The molecule has 0 spiro atoms. The van der Waals surface area contributed by atoms with E-state index in [4.69, 9.17) is 10.00 Å². The number of hydrogen-bond donors (Lipinski definition) is 0. The fraction of sp³-hybridized carbons (Fsp3) is 0.476. The zero-order valence-corrected chi connectivity index (χ0v) is 17.5. The lowest BCUT2D eigenvalue weighted by Gasteiger charge is -2.29. The van der Waals surface area contributed by atoms with Crippen molar-refractivity contribution >= 4 is 17.7 Å². The highest BCUT2D eigenvalue weighted by Gasteiger charge is 2.51. The van der Waals surface area contributed by atoms with Gasteiger partial charge in [0.1, 0.15) is 30.6 Å². The second-order valence-corrected chi connectivity index (χ2v) is 8.36. The summed E-state index contributed by atoms with van der Waals surface area (Å²) >= 11 is 0. The monoisotopic (exact) mass is 439 g/mol. The Bertz CT molecular complexity index is 1090. The van der Waals surface area contributed by atoms with E-state index < -0.39 is 11.9 Å². The van der Waals surface area contributed by atoms with Crippen molar-refractivity contribution in [3.63, 3.8) is 0 Å². The summed E-state index contributed by atoms with van der Waals surface area (Å²) in [7, 11) is 0. The van der Waals surface area contributed by atoms with E-state index in [0.29, 0.717) is 38.3 Å². The molecule has 0 N–H and O–H groups in total. The third kappa shape index (κ3) is 3.32. The van der Waals surface area contributed by atoms with Crippen LogP contribution in [-0.2, 0) is 9.53 Å². The fourth-order valence-corrected chi connectivity index (χ4v) is 4.88. The van der Waals surface area contributed by atoms with Crippen LogP contribution in [0, 0.1) is 17.1 Å². The molecule has 3 fully saturated rings.